The normalized spacial score (nSPS) is 23.1. The molecule has 0 unspecified atom stereocenters. The standard InChI is InChI=1S/C14H19FN2O2/c1-8-2-4-9(5-3-8)17-13-7-11(15)10(14(18)19)6-12(13)16/h6-9,17H,2-5,16H2,1H3,(H,18,19). The summed E-state index contributed by atoms with van der Waals surface area (Å²) in [5.41, 5.74) is 6.15. The number of carbonyl (C=O) groups is 1. The topological polar surface area (TPSA) is 75.3 Å². The van der Waals surface area contributed by atoms with Crippen LogP contribution in [0.1, 0.15) is 43.0 Å². The van der Waals surface area contributed by atoms with Gasteiger partial charge in [0.25, 0.3) is 0 Å². The van der Waals surface area contributed by atoms with Crippen molar-refractivity contribution in [2.75, 3.05) is 11.1 Å². The van der Waals surface area contributed by atoms with Crippen molar-refractivity contribution in [1.29, 1.82) is 0 Å². The smallest absolute Gasteiger partial charge is 0.338 e. The Hall–Kier alpha value is -1.78. The zero-order valence-corrected chi connectivity index (χ0v) is 10.9. The molecule has 0 saturated heterocycles. The molecule has 0 aliphatic heterocycles. The fraction of sp³-hybridized carbons (Fsp3) is 0.500. The number of carboxylic acids is 1. The molecule has 0 atom stereocenters. The highest BCUT2D eigenvalue weighted by Crippen LogP contribution is 2.29. The second-order valence-electron chi connectivity index (χ2n) is 5.33. The lowest BCUT2D eigenvalue weighted by Crippen LogP contribution is -2.25. The summed E-state index contributed by atoms with van der Waals surface area (Å²) in [6, 6.07) is 2.64. The summed E-state index contributed by atoms with van der Waals surface area (Å²) in [4.78, 5) is 10.8. The minimum atomic E-state index is -1.30. The number of nitrogens with two attached hydrogens (primary N) is 1. The first-order chi connectivity index (χ1) is 8.97. The third-order valence-electron chi connectivity index (χ3n) is 3.75. The molecule has 1 aromatic rings. The summed E-state index contributed by atoms with van der Waals surface area (Å²) >= 11 is 0. The lowest BCUT2D eigenvalue weighted by Gasteiger charge is -2.28. The molecule has 0 spiro atoms. The van der Waals surface area contributed by atoms with Gasteiger partial charge in [-0.25, -0.2) is 9.18 Å². The highest BCUT2D eigenvalue weighted by atomic mass is 19.1. The number of nitrogen functional groups attached to an aromatic ring is 1. The number of rotatable bonds is 3. The Morgan fingerprint density at radius 3 is 2.58 bits per heavy atom. The summed E-state index contributed by atoms with van der Waals surface area (Å²) in [6.07, 6.45) is 4.35. The van der Waals surface area contributed by atoms with Crippen molar-refractivity contribution in [3.8, 4) is 0 Å². The molecule has 4 N–H and O–H groups in total. The monoisotopic (exact) mass is 266 g/mol. The molecule has 0 bridgehead atoms. The van der Waals surface area contributed by atoms with Gasteiger partial charge in [-0.3, -0.25) is 0 Å². The summed E-state index contributed by atoms with van der Waals surface area (Å²) < 4.78 is 13.6. The van der Waals surface area contributed by atoms with Crippen molar-refractivity contribution in [3.05, 3.63) is 23.5 Å². The van der Waals surface area contributed by atoms with Crippen molar-refractivity contribution in [2.45, 2.75) is 38.6 Å². The van der Waals surface area contributed by atoms with E-state index in [0.29, 0.717) is 5.69 Å². The Labute approximate surface area is 111 Å². The van der Waals surface area contributed by atoms with Crippen molar-refractivity contribution in [1.82, 2.24) is 0 Å². The van der Waals surface area contributed by atoms with Crippen LogP contribution in [-0.4, -0.2) is 17.1 Å². The Morgan fingerprint density at radius 1 is 1.37 bits per heavy atom. The first-order valence-corrected chi connectivity index (χ1v) is 6.56. The molecule has 104 valence electrons. The molecule has 1 aliphatic carbocycles. The zero-order chi connectivity index (χ0) is 14.0. The predicted octanol–water partition coefficient (Wildman–Crippen LogP) is 3.10. The molecule has 1 aliphatic rings. The second kappa shape index (κ2) is 5.47. The average Bonchev–Trinajstić information content (AvgIpc) is 2.35. The van der Waals surface area contributed by atoms with Crippen LogP contribution in [0.4, 0.5) is 15.8 Å². The Bertz CT molecular complexity index is 483. The van der Waals surface area contributed by atoms with Crippen molar-refractivity contribution in [2.24, 2.45) is 5.92 Å². The van der Waals surface area contributed by atoms with Gasteiger partial charge in [0.1, 0.15) is 5.82 Å². The maximum Gasteiger partial charge on any atom is 0.338 e. The quantitative estimate of drug-likeness (QED) is 0.735. The van der Waals surface area contributed by atoms with Gasteiger partial charge in [0.15, 0.2) is 0 Å². The fourth-order valence-corrected chi connectivity index (χ4v) is 2.50. The molecule has 2 rings (SSSR count). The molecule has 1 aromatic carbocycles. The number of benzene rings is 1. The molecule has 0 heterocycles. The van der Waals surface area contributed by atoms with E-state index in [1.807, 2.05) is 0 Å². The Balaban J connectivity index is 2.13. The third kappa shape index (κ3) is 3.16. The van der Waals surface area contributed by atoms with Gasteiger partial charge in [-0.05, 0) is 43.7 Å². The number of aromatic carboxylic acids is 1. The number of hydrogen-bond acceptors (Lipinski definition) is 3. The van der Waals surface area contributed by atoms with E-state index < -0.39 is 11.8 Å². The Morgan fingerprint density at radius 2 is 2.00 bits per heavy atom. The predicted molar refractivity (Wildman–Crippen MR) is 72.8 cm³/mol. The van der Waals surface area contributed by atoms with E-state index in [-0.39, 0.29) is 17.3 Å². The molecular weight excluding hydrogens is 247 g/mol. The summed E-state index contributed by atoms with van der Waals surface area (Å²) in [6.45, 7) is 2.23. The molecule has 0 aromatic heterocycles. The van der Waals surface area contributed by atoms with Gasteiger partial charge < -0.3 is 16.2 Å². The number of nitrogens with one attached hydrogen (secondary N) is 1. The number of carboxylic acid groups (broad SMARTS) is 1. The van der Waals surface area contributed by atoms with Crippen LogP contribution < -0.4 is 11.1 Å². The summed E-state index contributed by atoms with van der Waals surface area (Å²) in [7, 11) is 0. The molecule has 5 heteroatoms. The second-order valence-corrected chi connectivity index (χ2v) is 5.33. The molecular formula is C14H19FN2O2. The molecule has 4 nitrogen and oxygen atoms in total. The third-order valence-corrected chi connectivity index (χ3v) is 3.75. The van der Waals surface area contributed by atoms with E-state index in [4.69, 9.17) is 10.8 Å². The van der Waals surface area contributed by atoms with Crippen LogP contribution in [0.5, 0.6) is 0 Å². The van der Waals surface area contributed by atoms with Gasteiger partial charge in [0, 0.05) is 6.04 Å². The maximum atomic E-state index is 13.6. The molecule has 0 amide bonds. The largest absolute Gasteiger partial charge is 0.478 e. The number of anilines is 2. The van der Waals surface area contributed by atoms with Crippen LogP contribution in [-0.2, 0) is 0 Å². The minimum Gasteiger partial charge on any atom is -0.478 e. The van der Waals surface area contributed by atoms with Crippen LogP contribution in [0, 0.1) is 11.7 Å². The van der Waals surface area contributed by atoms with Crippen LogP contribution in [0.25, 0.3) is 0 Å². The van der Waals surface area contributed by atoms with Crippen molar-refractivity contribution < 1.29 is 14.3 Å². The first kappa shape index (κ1) is 13.6. The van der Waals surface area contributed by atoms with Crippen molar-refractivity contribution in [3.63, 3.8) is 0 Å². The van der Waals surface area contributed by atoms with E-state index in [9.17, 15) is 9.18 Å². The first-order valence-electron chi connectivity index (χ1n) is 6.56. The highest BCUT2D eigenvalue weighted by molar-refractivity contribution is 5.90. The highest BCUT2D eigenvalue weighted by Gasteiger charge is 2.20. The molecule has 1 saturated carbocycles. The van der Waals surface area contributed by atoms with Crippen LogP contribution >= 0.6 is 0 Å². The van der Waals surface area contributed by atoms with E-state index in [1.165, 1.54) is 12.1 Å². The average molecular weight is 266 g/mol. The maximum absolute atomic E-state index is 13.6. The SMILES string of the molecule is CC1CCC(Nc2cc(F)c(C(=O)O)cc2N)CC1. The molecule has 1 fully saturated rings. The minimum absolute atomic E-state index is 0.275. The number of halogens is 1. The lowest BCUT2D eigenvalue weighted by molar-refractivity contribution is 0.0692. The summed E-state index contributed by atoms with van der Waals surface area (Å²) in [5.74, 6) is -1.32. The van der Waals surface area contributed by atoms with Gasteiger partial charge >= 0.3 is 5.97 Å². The molecule has 19 heavy (non-hydrogen) atoms. The van der Waals surface area contributed by atoms with Crippen molar-refractivity contribution >= 4 is 17.3 Å². The van der Waals surface area contributed by atoms with Gasteiger partial charge in [0.2, 0.25) is 0 Å². The Kier molecular flexibility index (Phi) is 3.93. The van der Waals surface area contributed by atoms with E-state index in [2.05, 4.69) is 12.2 Å². The van der Waals surface area contributed by atoms with Gasteiger partial charge in [-0.15, -0.1) is 0 Å². The molecule has 0 radical (unpaired) electrons. The lowest BCUT2D eigenvalue weighted by atomic mass is 9.87. The fourth-order valence-electron chi connectivity index (χ4n) is 2.50. The van der Waals surface area contributed by atoms with Crippen LogP contribution in [0.15, 0.2) is 12.1 Å². The van der Waals surface area contributed by atoms with Gasteiger partial charge in [-0.1, -0.05) is 6.92 Å². The van der Waals surface area contributed by atoms with E-state index in [0.717, 1.165) is 31.6 Å². The van der Waals surface area contributed by atoms with Gasteiger partial charge in [0.05, 0.1) is 16.9 Å². The van der Waals surface area contributed by atoms with E-state index >= 15 is 0 Å². The van der Waals surface area contributed by atoms with Crippen LogP contribution in [0.3, 0.4) is 0 Å². The van der Waals surface area contributed by atoms with E-state index in [1.54, 1.807) is 0 Å². The zero-order valence-electron chi connectivity index (χ0n) is 10.9. The summed E-state index contributed by atoms with van der Waals surface area (Å²) in [5, 5.41) is 12.0. The van der Waals surface area contributed by atoms with Crippen LogP contribution in [0.2, 0.25) is 0 Å². The van der Waals surface area contributed by atoms with Gasteiger partial charge in [-0.2, -0.15) is 0 Å². The number of hydrogen-bond donors (Lipinski definition) is 3.